The fraction of sp³-hybridized carbons (Fsp3) is 0.308. The number of hydrogen-bond donors (Lipinski definition) is 3. The van der Waals surface area contributed by atoms with Gasteiger partial charge in [-0.25, -0.2) is 9.59 Å². The van der Waals surface area contributed by atoms with Gasteiger partial charge >= 0.3 is 11.9 Å². The van der Waals surface area contributed by atoms with Crippen molar-refractivity contribution in [2.75, 3.05) is 12.4 Å². The van der Waals surface area contributed by atoms with Crippen LogP contribution >= 0.6 is 0 Å². The molecule has 172 valence electrons. The molecule has 2 aromatic carbocycles. The molecule has 0 radical (unpaired) electrons. The highest BCUT2D eigenvalue weighted by atomic mass is 16.4. The van der Waals surface area contributed by atoms with Crippen LogP contribution in [0.2, 0.25) is 0 Å². The van der Waals surface area contributed by atoms with Gasteiger partial charge in [0.2, 0.25) is 0 Å². The lowest BCUT2D eigenvalue weighted by Crippen LogP contribution is -2.44. The van der Waals surface area contributed by atoms with Gasteiger partial charge in [-0.2, -0.15) is 0 Å². The molecule has 2 atom stereocenters. The average molecular weight is 449 g/mol. The van der Waals surface area contributed by atoms with Crippen molar-refractivity contribution < 1.29 is 24.2 Å². The number of carboxylic acid groups (broad SMARTS) is 2. The monoisotopic (exact) mass is 448 g/mol. The van der Waals surface area contributed by atoms with Crippen LogP contribution in [-0.2, 0) is 9.59 Å². The number of anilines is 1. The molecule has 1 aromatic heterocycles. The Labute approximate surface area is 192 Å². The molecule has 2 aliphatic rings. The van der Waals surface area contributed by atoms with E-state index >= 15 is 0 Å². The molecule has 7 heteroatoms. The molecule has 0 aliphatic carbocycles. The summed E-state index contributed by atoms with van der Waals surface area (Å²) in [5.74, 6) is -2.51. The first-order valence-corrected chi connectivity index (χ1v) is 11.1. The van der Waals surface area contributed by atoms with E-state index in [0.717, 1.165) is 23.1 Å². The summed E-state index contributed by atoms with van der Waals surface area (Å²) in [5.41, 5.74) is 4.66. The molecule has 2 aliphatic heterocycles. The molecule has 2 fully saturated rings. The minimum absolute atomic E-state index is 0.558. The van der Waals surface area contributed by atoms with Gasteiger partial charge in [-0.1, -0.05) is 18.2 Å². The first-order chi connectivity index (χ1) is 15.9. The van der Waals surface area contributed by atoms with E-state index in [4.69, 9.17) is 14.6 Å². The van der Waals surface area contributed by atoms with Crippen molar-refractivity contribution in [2.24, 2.45) is 0 Å². The molecule has 7 nitrogen and oxygen atoms in total. The second-order valence-electron chi connectivity index (χ2n) is 8.62. The van der Waals surface area contributed by atoms with E-state index < -0.39 is 11.9 Å². The van der Waals surface area contributed by atoms with Crippen molar-refractivity contribution in [3.05, 3.63) is 66.9 Å². The molecule has 33 heavy (non-hydrogen) atoms. The molecule has 3 N–H and O–H groups in total. The third kappa shape index (κ3) is 5.62. The van der Waals surface area contributed by atoms with E-state index in [9.17, 15) is 9.59 Å². The predicted molar refractivity (Wildman–Crippen MR) is 127 cm³/mol. The molecule has 2 unspecified atom stereocenters. The Balaban J connectivity index is 0.000000281. The number of nitrogens with zero attached hydrogens (tertiary/aromatic N) is 1. The highest BCUT2D eigenvalue weighted by Gasteiger charge is 2.38. The van der Waals surface area contributed by atoms with E-state index in [1.54, 1.807) is 6.26 Å². The Kier molecular flexibility index (Phi) is 6.79. The smallest absolute Gasteiger partial charge is 0.328 e. The number of aliphatic carboxylic acids is 2. The minimum Gasteiger partial charge on any atom is -0.478 e. The van der Waals surface area contributed by atoms with E-state index in [1.807, 2.05) is 12.1 Å². The van der Waals surface area contributed by atoms with Gasteiger partial charge in [0.1, 0.15) is 5.58 Å². The van der Waals surface area contributed by atoms with Crippen molar-refractivity contribution in [3.8, 4) is 11.1 Å². The van der Waals surface area contributed by atoms with Gasteiger partial charge in [-0.05, 0) is 74.2 Å². The van der Waals surface area contributed by atoms with Gasteiger partial charge in [0.25, 0.3) is 0 Å². The van der Waals surface area contributed by atoms with Crippen molar-refractivity contribution in [1.82, 2.24) is 4.90 Å². The SMILES string of the molecule is CN1C2CCC1CC(Nc1ccc(-c3ccc4occc4c3)cc1)C2.O=C(O)/C=C/C(=O)O. The number of piperidine rings is 1. The summed E-state index contributed by atoms with van der Waals surface area (Å²) in [6, 6.07) is 19.4. The second-order valence-corrected chi connectivity index (χ2v) is 8.62. The van der Waals surface area contributed by atoms with Crippen LogP contribution in [0.1, 0.15) is 25.7 Å². The average Bonchev–Trinajstić information content (AvgIpc) is 3.33. The molecule has 2 bridgehead atoms. The zero-order chi connectivity index (χ0) is 23.4. The van der Waals surface area contributed by atoms with Crippen LogP contribution in [0.4, 0.5) is 5.69 Å². The maximum absolute atomic E-state index is 9.55. The first kappa shape index (κ1) is 22.6. The summed E-state index contributed by atoms with van der Waals surface area (Å²) >= 11 is 0. The zero-order valence-electron chi connectivity index (χ0n) is 18.5. The number of benzene rings is 2. The summed E-state index contributed by atoms with van der Waals surface area (Å²) in [5, 5.41) is 20.5. The second kappa shape index (κ2) is 9.92. The quantitative estimate of drug-likeness (QED) is 0.480. The van der Waals surface area contributed by atoms with Crippen molar-refractivity contribution in [1.29, 1.82) is 0 Å². The summed E-state index contributed by atoms with van der Waals surface area (Å²) in [6.07, 6.45) is 8.14. The van der Waals surface area contributed by atoms with Crippen LogP contribution in [0.3, 0.4) is 0 Å². The Hall–Kier alpha value is -3.58. The molecule has 0 spiro atoms. The third-order valence-corrected chi connectivity index (χ3v) is 6.51. The first-order valence-electron chi connectivity index (χ1n) is 11.1. The Bertz CT molecular complexity index is 1120. The number of carbonyl (C=O) groups is 2. The summed E-state index contributed by atoms with van der Waals surface area (Å²) in [6.45, 7) is 0. The fourth-order valence-electron chi connectivity index (χ4n) is 4.81. The third-order valence-electron chi connectivity index (χ3n) is 6.51. The van der Waals surface area contributed by atoms with Crippen LogP contribution in [0.25, 0.3) is 22.1 Å². The molecule has 0 amide bonds. The maximum atomic E-state index is 9.55. The van der Waals surface area contributed by atoms with Crippen LogP contribution in [0, 0.1) is 0 Å². The van der Waals surface area contributed by atoms with Gasteiger partial charge in [-0.3, -0.25) is 0 Å². The van der Waals surface area contributed by atoms with Crippen molar-refractivity contribution in [2.45, 2.75) is 43.8 Å². The van der Waals surface area contributed by atoms with Crippen LogP contribution in [0.15, 0.2) is 71.4 Å². The van der Waals surface area contributed by atoms with Crippen LogP contribution in [-0.4, -0.2) is 52.2 Å². The highest BCUT2D eigenvalue weighted by Crippen LogP contribution is 2.35. The fourth-order valence-corrected chi connectivity index (χ4v) is 4.81. The van der Waals surface area contributed by atoms with Gasteiger partial charge in [0, 0.05) is 41.4 Å². The number of hydrogen-bond acceptors (Lipinski definition) is 5. The number of nitrogens with one attached hydrogen (secondary N) is 1. The standard InChI is InChI=1S/C22H24N2O.C4H4O4/c1-24-20-7-8-21(24)14-19(13-20)23-18-5-2-15(3-6-18)16-4-9-22-17(12-16)10-11-25-22;5-3(6)1-2-4(7)8/h2-6,9-12,19-21,23H,7-8,13-14H2,1H3;1-2H,(H,5,6)(H,7,8)/b;2-1+. The maximum Gasteiger partial charge on any atom is 0.328 e. The Morgan fingerprint density at radius 1 is 0.939 bits per heavy atom. The summed E-state index contributed by atoms with van der Waals surface area (Å²) in [7, 11) is 2.30. The molecule has 0 saturated carbocycles. The normalized spacial score (nSPS) is 22.2. The van der Waals surface area contributed by atoms with Crippen LogP contribution in [0.5, 0.6) is 0 Å². The van der Waals surface area contributed by atoms with Gasteiger partial charge in [-0.15, -0.1) is 0 Å². The Morgan fingerprint density at radius 3 is 2.15 bits per heavy atom. The van der Waals surface area contributed by atoms with Gasteiger partial charge in [0.15, 0.2) is 0 Å². The summed E-state index contributed by atoms with van der Waals surface area (Å²) in [4.78, 5) is 21.7. The molecule has 2 saturated heterocycles. The Morgan fingerprint density at radius 2 is 1.55 bits per heavy atom. The van der Waals surface area contributed by atoms with Crippen LogP contribution < -0.4 is 5.32 Å². The molecular formula is C26H28N2O5. The molecule has 5 rings (SSSR count). The molecule has 3 aromatic rings. The number of furan rings is 1. The highest BCUT2D eigenvalue weighted by molar-refractivity contribution is 5.89. The predicted octanol–water partition coefficient (Wildman–Crippen LogP) is 4.85. The van der Waals surface area contributed by atoms with E-state index in [-0.39, 0.29) is 0 Å². The number of rotatable bonds is 5. The minimum atomic E-state index is -1.26. The lowest BCUT2D eigenvalue weighted by Gasteiger charge is -2.37. The van der Waals surface area contributed by atoms with E-state index in [1.165, 1.54) is 42.5 Å². The largest absolute Gasteiger partial charge is 0.478 e. The van der Waals surface area contributed by atoms with Crippen molar-refractivity contribution >= 4 is 28.6 Å². The van der Waals surface area contributed by atoms with E-state index in [0.29, 0.717) is 18.2 Å². The molecule has 3 heterocycles. The number of fused-ring (bicyclic) bond motifs is 3. The lowest BCUT2D eigenvalue weighted by molar-refractivity contribution is -0.134. The van der Waals surface area contributed by atoms with Gasteiger partial charge < -0.3 is 24.8 Å². The number of carboxylic acids is 2. The zero-order valence-corrected chi connectivity index (χ0v) is 18.5. The molecular weight excluding hydrogens is 420 g/mol. The summed E-state index contributed by atoms with van der Waals surface area (Å²) < 4.78 is 5.43. The van der Waals surface area contributed by atoms with E-state index in [2.05, 4.69) is 53.7 Å². The topological polar surface area (TPSA) is 103 Å². The lowest BCUT2D eigenvalue weighted by atomic mass is 9.97. The van der Waals surface area contributed by atoms with Gasteiger partial charge in [0.05, 0.1) is 6.26 Å². The van der Waals surface area contributed by atoms with Crippen molar-refractivity contribution in [3.63, 3.8) is 0 Å².